The van der Waals surface area contributed by atoms with E-state index in [1.165, 1.54) is 45.4 Å². The summed E-state index contributed by atoms with van der Waals surface area (Å²) >= 11 is 0. The Labute approximate surface area is 94.6 Å². The molecule has 15 heavy (non-hydrogen) atoms. The lowest BCUT2D eigenvalue weighted by Gasteiger charge is -2.37. The highest BCUT2D eigenvalue weighted by molar-refractivity contribution is 4.83. The lowest BCUT2D eigenvalue weighted by atomic mass is 9.97. The van der Waals surface area contributed by atoms with Crippen molar-refractivity contribution >= 4 is 0 Å². The van der Waals surface area contributed by atoms with Gasteiger partial charge in [0.15, 0.2) is 0 Å². The van der Waals surface area contributed by atoms with E-state index in [1.807, 2.05) is 0 Å². The van der Waals surface area contributed by atoms with Crippen molar-refractivity contribution in [3.8, 4) is 0 Å². The fourth-order valence-corrected chi connectivity index (χ4v) is 2.94. The summed E-state index contributed by atoms with van der Waals surface area (Å²) in [6.45, 7) is 12.4. The maximum Gasteiger partial charge on any atom is 0.00700 e. The van der Waals surface area contributed by atoms with E-state index in [0.717, 1.165) is 18.0 Å². The smallest absolute Gasteiger partial charge is 0.00700 e. The van der Waals surface area contributed by atoms with Gasteiger partial charge in [0.05, 0.1) is 0 Å². The summed E-state index contributed by atoms with van der Waals surface area (Å²) in [6.07, 6.45) is 4.27. The summed E-state index contributed by atoms with van der Waals surface area (Å²) in [5, 5.41) is 0. The van der Waals surface area contributed by atoms with Crippen LogP contribution in [0.3, 0.4) is 0 Å². The topological polar surface area (TPSA) is 6.48 Å². The maximum atomic E-state index is 2.64. The normalized spacial score (nSPS) is 30.8. The Bertz CT molecular complexity index is 199. The summed E-state index contributed by atoms with van der Waals surface area (Å²) in [5.74, 6) is 0.961. The molecule has 0 bridgehead atoms. The molecule has 2 heteroatoms. The lowest BCUT2D eigenvalue weighted by molar-refractivity contribution is 0.110. The van der Waals surface area contributed by atoms with Crippen LogP contribution in [0.1, 0.15) is 40.0 Å². The van der Waals surface area contributed by atoms with Gasteiger partial charge >= 0.3 is 0 Å². The van der Waals surface area contributed by atoms with Crippen LogP contribution in [0.15, 0.2) is 0 Å². The molecule has 2 unspecified atom stereocenters. The Balaban J connectivity index is 1.71. The molecule has 0 amide bonds. The molecule has 0 saturated carbocycles. The van der Waals surface area contributed by atoms with Gasteiger partial charge in [-0.25, -0.2) is 0 Å². The summed E-state index contributed by atoms with van der Waals surface area (Å²) in [4.78, 5) is 5.27. The van der Waals surface area contributed by atoms with Crippen LogP contribution in [0, 0.1) is 5.92 Å². The van der Waals surface area contributed by atoms with Crippen LogP contribution < -0.4 is 0 Å². The molecule has 2 fully saturated rings. The van der Waals surface area contributed by atoms with Gasteiger partial charge in [-0.2, -0.15) is 0 Å². The third-order valence-electron chi connectivity index (χ3n) is 4.24. The zero-order chi connectivity index (χ0) is 10.8. The van der Waals surface area contributed by atoms with E-state index in [-0.39, 0.29) is 0 Å². The number of hydrogen-bond donors (Lipinski definition) is 0. The van der Waals surface area contributed by atoms with Crippen LogP contribution in [0.25, 0.3) is 0 Å². The Kier molecular flexibility index (Phi) is 3.68. The number of likely N-dealkylation sites (tertiary alicyclic amines) is 2. The summed E-state index contributed by atoms with van der Waals surface area (Å²) < 4.78 is 0. The van der Waals surface area contributed by atoms with E-state index in [1.54, 1.807) is 0 Å². The third kappa shape index (κ3) is 2.73. The predicted octanol–water partition coefficient (Wildman–Crippen LogP) is 2.20. The lowest BCUT2D eigenvalue weighted by Crippen LogP contribution is -2.44. The zero-order valence-corrected chi connectivity index (χ0v) is 10.6. The molecule has 0 aromatic rings. The largest absolute Gasteiger partial charge is 0.301 e. The molecule has 2 aliphatic rings. The highest BCUT2D eigenvalue weighted by atomic mass is 15.2. The van der Waals surface area contributed by atoms with E-state index in [2.05, 4.69) is 30.6 Å². The SMILES string of the molecule is CC(C)N1CCC(CC(C)N2CCC2)C1. The van der Waals surface area contributed by atoms with Crippen LogP contribution in [-0.4, -0.2) is 48.1 Å². The van der Waals surface area contributed by atoms with Crippen molar-refractivity contribution in [2.45, 2.75) is 52.1 Å². The van der Waals surface area contributed by atoms with Crippen molar-refractivity contribution in [3.63, 3.8) is 0 Å². The Hall–Kier alpha value is -0.0800. The second-order valence-corrected chi connectivity index (χ2v) is 5.72. The molecule has 2 nitrogen and oxygen atoms in total. The Morgan fingerprint density at radius 3 is 2.27 bits per heavy atom. The molecule has 2 saturated heterocycles. The molecule has 88 valence electrons. The molecule has 0 aromatic carbocycles. The van der Waals surface area contributed by atoms with Crippen molar-refractivity contribution in [2.24, 2.45) is 5.92 Å². The number of rotatable bonds is 4. The van der Waals surface area contributed by atoms with Gasteiger partial charge in [0.25, 0.3) is 0 Å². The number of nitrogens with zero attached hydrogens (tertiary/aromatic N) is 2. The van der Waals surface area contributed by atoms with Crippen LogP contribution in [0.2, 0.25) is 0 Å². The summed E-state index contributed by atoms with van der Waals surface area (Å²) in [5.41, 5.74) is 0. The summed E-state index contributed by atoms with van der Waals surface area (Å²) in [6, 6.07) is 1.57. The maximum absolute atomic E-state index is 2.64. The van der Waals surface area contributed by atoms with E-state index in [0.29, 0.717) is 0 Å². The van der Waals surface area contributed by atoms with Crippen molar-refractivity contribution < 1.29 is 0 Å². The minimum absolute atomic E-state index is 0.745. The minimum Gasteiger partial charge on any atom is -0.301 e. The second kappa shape index (κ2) is 4.84. The van der Waals surface area contributed by atoms with Crippen LogP contribution >= 0.6 is 0 Å². The molecule has 0 aromatic heterocycles. The molecule has 2 aliphatic heterocycles. The third-order valence-corrected chi connectivity index (χ3v) is 4.24. The molecule has 0 aliphatic carbocycles. The Morgan fingerprint density at radius 2 is 1.80 bits per heavy atom. The first-order chi connectivity index (χ1) is 7.16. The van der Waals surface area contributed by atoms with Gasteiger partial charge in [-0.3, -0.25) is 0 Å². The summed E-state index contributed by atoms with van der Waals surface area (Å²) in [7, 11) is 0. The van der Waals surface area contributed by atoms with Crippen molar-refractivity contribution in [3.05, 3.63) is 0 Å². The van der Waals surface area contributed by atoms with Gasteiger partial charge in [0.2, 0.25) is 0 Å². The van der Waals surface area contributed by atoms with Gasteiger partial charge in [0, 0.05) is 18.6 Å². The van der Waals surface area contributed by atoms with Gasteiger partial charge in [-0.15, -0.1) is 0 Å². The standard InChI is InChI=1S/C13H26N2/c1-11(2)15-8-5-13(10-15)9-12(3)14-6-4-7-14/h11-13H,4-10H2,1-3H3. The Morgan fingerprint density at radius 1 is 1.07 bits per heavy atom. The van der Waals surface area contributed by atoms with E-state index < -0.39 is 0 Å². The van der Waals surface area contributed by atoms with Crippen molar-refractivity contribution in [1.29, 1.82) is 0 Å². The molecular formula is C13H26N2. The van der Waals surface area contributed by atoms with Gasteiger partial charge in [-0.05, 0) is 65.6 Å². The molecule has 2 rings (SSSR count). The first kappa shape index (κ1) is 11.4. The van der Waals surface area contributed by atoms with E-state index in [9.17, 15) is 0 Å². The number of hydrogen-bond acceptors (Lipinski definition) is 2. The molecule has 2 atom stereocenters. The fraction of sp³-hybridized carbons (Fsp3) is 1.00. The first-order valence-electron chi connectivity index (χ1n) is 6.65. The zero-order valence-electron chi connectivity index (χ0n) is 10.6. The molecule has 0 radical (unpaired) electrons. The van der Waals surface area contributed by atoms with Crippen LogP contribution in [0.5, 0.6) is 0 Å². The van der Waals surface area contributed by atoms with Crippen molar-refractivity contribution in [2.75, 3.05) is 26.2 Å². The van der Waals surface area contributed by atoms with Gasteiger partial charge < -0.3 is 9.80 Å². The molecular weight excluding hydrogens is 184 g/mol. The van der Waals surface area contributed by atoms with Crippen molar-refractivity contribution in [1.82, 2.24) is 9.80 Å². The highest BCUT2D eigenvalue weighted by Crippen LogP contribution is 2.25. The molecule has 0 spiro atoms. The van der Waals surface area contributed by atoms with Gasteiger partial charge in [-0.1, -0.05) is 0 Å². The van der Waals surface area contributed by atoms with E-state index in [4.69, 9.17) is 0 Å². The van der Waals surface area contributed by atoms with Gasteiger partial charge in [0.1, 0.15) is 0 Å². The fourth-order valence-electron chi connectivity index (χ4n) is 2.94. The molecule has 2 heterocycles. The average Bonchev–Trinajstić information content (AvgIpc) is 2.48. The predicted molar refractivity (Wildman–Crippen MR) is 65.1 cm³/mol. The quantitative estimate of drug-likeness (QED) is 0.702. The monoisotopic (exact) mass is 210 g/mol. The first-order valence-corrected chi connectivity index (χ1v) is 6.65. The second-order valence-electron chi connectivity index (χ2n) is 5.72. The molecule has 0 N–H and O–H groups in total. The average molecular weight is 210 g/mol. The van der Waals surface area contributed by atoms with Crippen LogP contribution in [0.4, 0.5) is 0 Å². The van der Waals surface area contributed by atoms with E-state index >= 15 is 0 Å². The highest BCUT2D eigenvalue weighted by Gasteiger charge is 2.28. The minimum atomic E-state index is 0.745. The van der Waals surface area contributed by atoms with Crippen LogP contribution in [-0.2, 0) is 0 Å².